The fraction of sp³-hybridized carbons (Fsp3) is 0.409. The Morgan fingerprint density at radius 1 is 1.30 bits per heavy atom. The van der Waals surface area contributed by atoms with E-state index in [-0.39, 0.29) is 35.8 Å². The number of aromatic hydroxyl groups is 1. The quantitative estimate of drug-likeness (QED) is 0.808. The first-order chi connectivity index (χ1) is 14.3. The maximum absolute atomic E-state index is 14.0. The number of amides is 2. The van der Waals surface area contributed by atoms with Gasteiger partial charge in [0.05, 0.1) is 6.04 Å². The summed E-state index contributed by atoms with van der Waals surface area (Å²) in [4.78, 5) is 40.1. The minimum absolute atomic E-state index is 0.0308. The molecule has 3 heterocycles. The molecule has 2 N–H and O–H groups in total. The molecule has 3 atom stereocenters. The van der Waals surface area contributed by atoms with E-state index in [2.05, 4.69) is 5.32 Å². The van der Waals surface area contributed by atoms with E-state index in [9.17, 15) is 23.9 Å². The number of benzene rings is 1. The number of fused-ring (bicyclic) bond motifs is 6. The second-order valence-electron chi connectivity index (χ2n) is 8.51. The first-order valence-electron chi connectivity index (χ1n) is 10.2. The third-order valence-corrected chi connectivity index (χ3v) is 6.71. The number of aromatic nitrogens is 1. The molecule has 8 heteroatoms. The van der Waals surface area contributed by atoms with Gasteiger partial charge in [-0.1, -0.05) is 12.1 Å². The van der Waals surface area contributed by atoms with Gasteiger partial charge in [0.25, 0.3) is 11.8 Å². The van der Waals surface area contributed by atoms with Crippen molar-refractivity contribution in [2.24, 2.45) is 5.92 Å². The molecule has 1 aliphatic carbocycles. The van der Waals surface area contributed by atoms with E-state index in [1.807, 2.05) is 4.90 Å². The van der Waals surface area contributed by atoms with Gasteiger partial charge in [-0.3, -0.25) is 14.4 Å². The molecule has 156 valence electrons. The van der Waals surface area contributed by atoms with Gasteiger partial charge in [-0.2, -0.15) is 0 Å². The third-order valence-electron chi connectivity index (χ3n) is 6.71. The Hall–Kier alpha value is -3.16. The average molecular weight is 411 g/mol. The topological polar surface area (TPSA) is 91.6 Å². The molecule has 5 rings (SSSR count). The molecule has 2 fully saturated rings. The van der Waals surface area contributed by atoms with Gasteiger partial charge in [0, 0.05) is 30.9 Å². The van der Waals surface area contributed by atoms with Crippen molar-refractivity contribution in [1.82, 2.24) is 14.8 Å². The number of pyridine rings is 1. The van der Waals surface area contributed by atoms with E-state index < -0.39 is 22.9 Å². The average Bonchev–Trinajstić information content (AvgIpc) is 3.32. The maximum Gasteiger partial charge on any atom is 0.275 e. The Bertz CT molecular complexity index is 1140. The van der Waals surface area contributed by atoms with Crippen LogP contribution in [0.4, 0.5) is 4.39 Å². The van der Waals surface area contributed by atoms with Crippen molar-refractivity contribution in [2.45, 2.75) is 51.4 Å². The number of carbonyl (C=O) groups is 2. The van der Waals surface area contributed by atoms with Crippen molar-refractivity contribution in [3.8, 4) is 5.75 Å². The Morgan fingerprint density at radius 2 is 2.10 bits per heavy atom. The van der Waals surface area contributed by atoms with Crippen molar-refractivity contribution in [3.05, 3.63) is 62.8 Å². The first-order valence-corrected chi connectivity index (χ1v) is 10.2. The summed E-state index contributed by atoms with van der Waals surface area (Å²) in [6.45, 7) is 2.12. The number of halogens is 1. The zero-order valence-electron chi connectivity index (χ0n) is 16.5. The molecule has 2 aliphatic heterocycles. The highest BCUT2D eigenvalue weighted by atomic mass is 19.1. The Kier molecular flexibility index (Phi) is 4.20. The van der Waals surface area contributed by atoms with Crippen molar-refractivity contribution >= 4 is 11.8 Å². The lowest BCUT2D eigenvalue weighted by Gasteiger charge is -2.40. The van der Waals surface area contributed by atoms with E-state index in [1.54, 1.807) is 19.1 Å². The van der Waals surface area contributed by atoms with E-state index in [4.69, 9.17) is 0 Å². The molecule has 1 saturated carbocycles. The van der Waals surface area contributed by atoms with Gasteiger partial charge in [-0.05, 0) is 43.7 Å². The van der Waals surface area contributed by atoms with Crippen molar-refractivity contribution in [3.63, 3.8) is 0 Å². The highest BCUT2D eigenvalue weighted by molar-refractivity contribution is 5.99. The van der Waals surface area contributed by atoms with Crippen LogP contribution in [0.25, 0.3) is 0 Å². The predicted molar refractivity (Wildman–Crippen MR) is 106 cm³/mol. The molecule has 0 unspecified atom stereocenters. The number of nitrogens with zero attached hydrogens (tertiary/aromatic N) is 2. The highest BCUT2D eigenvalue weighted by Gasteiger charge is 2.51. The van der Waals surface area contributed by atoms with Crippen LogP contribution in [0.5, 0.6) is 5.75 Å². The number of rotatable bonds is 3. The second kappa shape index (κ2) is 6.68. The molecule has 1 aromatic carbocycles. The van der Waals surface area contributed by atoms with Crippen molar-refractivity contribution in [2.75, 3.05) is 0 Å². The van der Waals surface area contributed by atoms with E-state index in [0.717, 1.165) is 24.8 Å². The van der Waals surface area contributed by atoms with Crippen LogP contribution in [-0.4, -0.2) is 38.5 Å². The van der Waals surface area contributed by atoms with Gasteiger partial charge < -0.3 is 19.9 Å². The molecule has 0 radical (unpaired) electrons. The summed E-state index contributed by atoms with van der Waals surface area (Å²) in [5, 5.41) is 13.0. The van der Waals surface area contributed by atoms with E-state index in [0.29, 0.717) is 18.0 Å². The molecule has 2 aromatic rings. The largest absolute Gasteiger partial charge is 0.503 e. The van der Waals surface area contributed by atoms with Crippen LogP contribution in [-0.2, 0) is 13.1 Å². The fourth-order valence-electron chi connectivity index (χ4n) is 5.22. The number of aryl methyl sites for hydroxylation is 1. The summed E-state index contributed by atoms with van der Waals surface area (Å²) in [5.41, 5.74) is -0.138. The molecule has 3 aliphatic rings. The summed E-state index contributed by atoms with van der Waals surface area (Å²) in [5.74, 6) is -1.79. The molecule has 1 saturated heterocycles. The minimum Gasteiger partial charge on any atom is -0.503 e. The summed E-state index contributed by atoms with van der Waals surface area (Å²) in [7, 11) is 0. The van der Waals surface area contributed by atoms with Crippen molar-refractivity contribution in [1.29, 1.82) is 0 Å². The second-order valence-corrected chi connectivity index (χ2v) is 8.51. The van der Waals surface area contributed by atoms with Gasteiger partial charge in [0.15, 0.2) is 11.4 Å². The summed E-state index contributed by atoms with van der Waals surface area (Å²) in [6, 6.07) is 4.88. The molecule has 1 aromatic heterocycles. The molecular formula is C22H22FN3O4. The SMILES string of the molecule is Cc1ccc(CNC(=O)c2cn3c(c(O)c2=O)C(=O)N2[C@H]4CC[C@H](C4)[C@@H]2C3)c(F)c1. The van der Waals surface area contributed by atoms with E-state index >= 15 is 0 Å². The van der Waals surface area contributed by atoms with Crippen molar-refractivity contribution < 1.29 is 19.1 Å². The first kappa shape index (κ1) is 18.8. The van der Waals surface area contributed by atoms with Gasteiger partial charge in [-0.15, -0.1) is 0 Å². The number of hydrogen-bond acceptors (Lipinski definition) is 4. The number of nitrogens with one attached hydrogen (secondary N) is 1. The van der Waals surface area contributed by atoms with E-state index in [1.165, 1.54) is 16.8 Å². The van der Waals surface area contributed by atoms with Crippen LogP contribution in [0, 0.1) is 18.7 Å². The van der Waals surface area contributed by atoms with Crippen LogP contribution in [0.3, 0.4) is 0 Å². The van der Waals surface area contributed by atoms with Gasteiger partial charge >= 0.3 is 0 Å². The lowest BCUT2D eigenvalue weighted by atomic mass is 9.95. The molecule has 2 bridgehead atoms. The summed E-state index contributed by atoms with van der Waals surface area (Å²) in [6.07, 6.45) is 4.31. The zero-order valence-corrected chi connectivity index (χ0v) is 16.5. The lowest BCUT2D eigenvalue weighted by molar-refractivity contribution is 0.0482. The fourth-order valence-corrected chi connectivity index (χ4v) is 5.22. The van der Waals surface area contributed by atoms with Gasteiger partial charge in [0.2, 0.25) is 5.43 Å². The highest BCUT2D eigenvalue weighted by Crippen LogP contribution is 2.45. The Balaban J connectivity index is 1.44. The lowest BCUT2D eigenvalue weighted by Crippen LogP contribution is -2.52. The Morgan fingerprint density at radius 3 is 2.87 bits per heavy atom. The van der Waals surface area contributed by atoms with Crippen LogP contribution >= 0.6 is 0 Å². The molecule has 30 heavy (non-hydrogen) atoms. The zero-order chi connectivity index (χ0) is 21.2. The van der Waals surface area contributed by atoms with Crippen LogP contribution in [0.15, 0.2) is 29.2 Å². The third kappa shape index (κ3) is 2.74. The minimum atomic E-state index is -0.890. The molecule has 0 spiro atoms. The van der Waals surface area contributed by atoms with Crippen LogP contribution in [0.2, 0.25) is 0 Å². The smallest absolute Gasteiger partial charge is 0.275 e. The predicted octanol–water partition coefficient (Wildman–Crippen LogP) is 1.94. The standard InChI is InChI=1S/C22H22FN3O4/c1-11-2-3-13(16(23)6-11)8-24-21(29)15-9-25-10-17-12-4-5-14(7-12)26(17)22(30)18(25)20(28)19(15)27/h2-3,6,9,12,14,17,28H,4-5,7-8,10H2,1H3,(H,24,29)/t12-,14+,17+/m1/s1. The molecule has 7 nitrogen and oxygen atoms in total. The number of piperidine rings is 1. The maximum atomic E-state index is 14.0. The normalized spacial score (nSPS) is 24.0. The summed E-state index contributed by atoms with van der Waals surface area (Å²) < 4.78 is 15.5. The molecular weight excluding hydrogens is 389 g/mol. The van der Waals surface area contributed by atoms with Crippen LogP contribution < -0.4 is 10.7 Å². The number of hydrogen-bond donors (Lipinski definition) is 2. The van der Waals surface area contributed by atoms with Gasteiger partial charge in [0.1, 0.15) is 11.4 Å². The summed E-state index contributed by atoms with van der Waals surface area (Å²) >= 11 is 0. The molecule has 2 amide bonds. The Labute approximate surface area is 172 Å². The monoisotopic (exact) mass is 411 g/mol. The van der Waals surface area contributed by atoms with Gasteiger partial charge in [-0.25, -0.2) is 4.39 Å². The number of carbonyl (C=O) groups excluding carboxylic acids is 2. The van der Waals surface area contributed by atoms with Crippen LogP contribution in [0.1, 0.15) is 51.2 Å².